The second-order valence-corrected chi connectivity index (χ2v) is 4.00. The molecule has 0 bridgehead atoms. The summed E-state index contributed by atoms with van der Waals surface area (Å²) in [4.78, 5) is 15.9. The van der Waals surface area contributed by atoms with E-state index in [0.717, 1.165) is 6.07 Å². The summed E-state index contributed by atoms with van der Waals surface area (Å²) in [6.45, 7) is 2.11. The van der Waals surface area contributed by atoms with Gasteiger partial charge in [-0.1, -0.05) is 12.8 Å². The molecule has 0 aliphatic heterocycles. The number of hydrogen-bond donors (Lipinski definition) is 1. The van der Waals surface area contributed by atoms with E-state index in [2.05, 4.69) is 10.9 Å². The predicted octanol–water partition coefficient (Wildman–Crippen LogP) is 2.65. The quantitative estimate of drug-likeness (QED) is 0.845. The van der Waals surface area contributed by atoms with Crippen molar-refractivity contribution < 1.29 is 23.1 Å². The summed E-state index contributed by atoms with van der Waals surface area (Å²) in [7, 11) is 0. The SMILES string of the molecule is C#CCN(CCC)c1nc(C(F)(F)F)ccc1C(=O)O. The maximum Gasteiger partial charge on any atom is 0.433 e. The molecule has 1 aromatic heterocycles. The second kappa shape index (κ2) is 6.28. The van der Waals surface area contributed by atoms with Gasteiger partial charge in [0.15, 0.2) is 0 Å². The topological polar surface area (TPSA) is 53.4 Å². The Hall–Kier alpha value is -2.23. The summed E-state index contributed by atoms with van der Waals surface area (Å²) < 4.78 is 38.0. The number of rotatable bonds is 5. The number of carboxylic acid groups (broad SMARTS) is 1. The molecule has 0 radical (unpaired) electrons. The first-order valence-electron chi connectivity index (χ1n) is 5.81. The van der Waals surface area contributed by atoms with Crippen LogP contribution in [0, 0.1) is 12.3 Å². The molecule has 0 amide bonds. The van der Waals surface area contributed by atoms with E-state index in [9.17, 15) is 18.0 Å². The van der Waals surface area contributed by atoms with Gasteiger partial charge in [-0.05, 0) is 18.6 Å². The standard InChI is InChI=1S/C13H13F3N2O2/c1-3-7-18(8-4-2)11-9(12(19)20)5-6-10(17-11)13(14,15)16/h1,5-6H,4,7-8H2,2H3,(H,19,20). The third kappa shape index (κ3) is 3.63. The van der Waals surface area contributed by atoms with Crippen molar-refractivity contribution in [2.75, 3.05) is 18.0 Å². The molecule has 0 saturated heterocycles. The Morgan fingerprint density at radius 1 is 1.50 bits per heavy atom. The third-order valence-corrected chi connectivity index (χ3v) is 2.47. The fraction of sp³-hybridized carbons (Fsp3) is 0.385. The Morgan fingerprint density at radius 2 is 2.15 bits per heavy atom. The first kappa shape index (κ1) is 15.8. The Labute approximate surface area is 114 Å². The monoisotopic (exact) mass is 286 g/mol. The molecule has 7 heteroatoms. The van der Waals surface area contributed by atoms with Crippen LogP contribution in [0.3, 0.4) is 0 Å². The highest BCUT2D eigenvalue weighted by Gasteiger charge is 2.34. The minimum atomic E-state index is -4.64. The van der Waals surface area contributed by atoms with Crippen molar-refractivity contribution in [3.8, 4) is 12.3 Å². The van der Waals surface area contributed by atoms with Crippen molar-refractivity contribution in [2.45, 2.75) is 19.5 Å². The largest absolute Gasteiger partial charge is 0.478 e. The molecule has 1 rings (SSSR count). The van der Waals surface area contributed by atoms with Crippen molar-refractivity contribution in [1.82, 2.24) is 4.98 Å². The number of carbonyl (C=O) groups is 1. The van der Waals surface area contributed by atoms with E-state index >= 15 is 0 Å². The zero-order chi connectivity index (χ0) is 15.3. The van der Waals surface area contributed by atoms with Crippen LogP contribution >= 0.6 is 0 Å². The lowest BCUT2D eigenvalue weighted by molar-refractivity contribution is -0.141. The first-order valence-corrected chi connectivity index (χ1v) is 5.81. The zero-order valence-corrected chi connectivity index (χ0v) is 10.7. The summed E-state index contributed by atoms with van der Waals surface area (Å²) in [6.07, 6.45) is 1.11. The van der Waals surface area contributed by atoms with Crippen LogP contribution in [-0.2, 0) is 6.18 Å². The second-order valence-electron chi connectivity index (χ2n) is 4.00. The number of pyridine rings is 1. The van der Waals surface area contributed by atoms with E-state index in [1.807, 2.05) is 0 Å². The van der Waals surface area contributed by atoms with Crippen LogP contribution in [0.1, 0.15) is 29.4 Å². The molecule has 108 valence electrons. The molecule has 1 heterocycles. The van der Waals surface area contributed by atoms with Gasteiger partial charge in [0.05, 0.1) is 6.54 Å². The fourth-order valence-corrected chi connectivity index (χ4v) is 1.65. The molecule has 0 atom stereocenters. The average Bonchev–Trinajstić information content (AvgIpc) is 2.36. The maximum absolute atomic E-state index is 12.7. The lowest BCUT2D eigenvalue weighted by Crippen LogP contribution is -2.28. The Morgan fingerprint density at radius 3 is 2.60 bits per heavy atom. The van der Waals surface area contributed by atoms with Crippen molar-refractivity contribution in [3.05, 3.63) is 23.4 Å². The molecular formula is C13H13F3N2O2. The first-order chi connectivity index (χ1) is 9.31. The van der Waals surface area contributed by atoms with Crippen LogP contribution in [0.25, 0.3) is 0 Å². The van der Waals surface area contributed by atoms with Gasteiger partial charge in [-0.3, -0.25) is 0 Å². The molecule has 20 heavy (non-hydrogen) atoms. The van der Waals surface area contributed by atoms with Crippen LogP contribution in [0.15, 0.2) is 12.1 Å². The number of hydrogen-bond acceptors (Lipinski definition) is 3. The predicted molar refractivity (Wildman–Crippen MR) is 67.5 cm³/mol. The maximum atomic E-state index is 12.7. The van der Waals surface area contributed by atoms with Crippen LogP contribution in [0.4, 0.5) is 19.0 Å². The highest BCUT2D eigenvalue weighted by atomic mass is 19.4. The Balaban J connectivity index is 3.37. The van der Waals surface area contributed by atoms with E-state index < -0.39 is 17.8 Å². The smallest absolute Gasteiger partial charge is 0.433 e. The van der Waals surface area contributed by atoms with Gasteiger partial charge in [0.1, 0.15) is 17.1 Å². The van der Waals surface area contributed by atoms with Gasteiger partial charge < -0.3 is 10.0 Å². The van der Waals surface area contributed by atoms with Gasteiger partial charge in [-0.2, -0.15) is 13.2 Å². The highest BCUT2D eigenvalue weighted by molar-refractivity contribution is 5.93. The summed E-state index contributed by atoms with van der Waals surface area (Å²) in [5.74, 6) is 0.682. The normalized spacial score (nSPS) is 10.9. The van der Waals surface area contributed by atoms with Crippen molar-refractivity contribution in [2.24, 2.45) is 0 Å². The van der Waals surface area contributed by atoms with E-state index in [-0.39, 0.29) is 17.9 Å². The number of alkyl halides is 3. The molecule has 1 N–H and O–H groups in total. The number of carboxylic acids is 1. The molecule has 0 aliphatic rings. The van der Waals surface area contributed by atoms with Gasteiger partial charge in [0.25, 0.3) is 0 Å². The molecule has 0 unspecified atom stereocenters. The van der Waals surface area contributed by atoms with Gasteiger partial charge in [0.2, 0.25) is 0 Å². The highest BCUT2D eigenvalue weighted by Crippen LogP contribution is 2.30. The van der Waals surface area contributed by atoms with E-state index in [1.165, 1.54) is 4.90 Å². The zero-order valence-electron chi connectivity index (χ0n) is 10.7. The van der Waals surface area contributed by atoms with Gasteiger partial charge in [-0.15, -0.1) is 6.42 Å². The minimum absolute atomic E-state index is 0.0115. The summed E-state index contributed by atoms with van der Waals surface area (Å²) in [5.41, 5.74) is -1.45. The molecule has 0 saturated carbocycles. The number of nitrogens with zero attached hydrogens (tertiary/aromatic N) is 2. The fourth-order valence-electron chi connectivity index (χ4n) is 1.65. The molecule has 0 aromatic carbocycles. The number of terminal acetylenes is 1. The van der Waals surface area contributed by atoms with Crippen molar-refractivity contribution >= 4 is 11.8 Å². The lowest BCUT2D eigenvalue weighted by atomic mass is 10.2. The molecule has 1 aromatic rings. The number of halogens is 3. The lowest BCUT2D eigenvalue weighted by Gasteiger charge is -2.23. The molecule has 4 nitrogen and oxygen atoms in total. The Kier molecular flexibility index (Phi) is 4.97. The van der Waals surface area contributed by atoms with Gasteiger partial charge in [-0.25, -0.2) is 9.78 Å². The van der Waals surface area contributed by atoms with E-state index in [1.54, 1.807) is 6.92 Å². The third-order valence-electron chi connectivity index (χ3n) is 2.47. The summed E-state index contributed by atoms with van der Waals surface area (Å²) in [6, 6.07) is 1.54. The van der Waals surface area contributed by atoms with E-state index in [4.69, 9.17) is 11.5 Å². The minimum Gasteiger partial charge on any atom is -0.478 e. The molecular weight excluding hydrogens is 273 g/mol. The number of anilines is 1. The van der Waals surface area contributed by atoms with Gasteiger partial charge in [0, 0.05) is 6.54 Å². The summed E-state index contributed by atoms with van der Waals surface area (Å²) in [5, 5.41) is 9.05. The summed E-state index contributed by atoms with van der Waals surface area (Å²) >= 11 is 0. The van der Waals surface area contributed by atoms with Crippen molar-refractivity contribution in [1.29, 1.82) is 0 Å². The van der Waals surface area contributed by atoms with Crippen LogP contribution in [0.5, 0.6) is 0 Å². The van der Waals surface area contributed by atoms with E-state index in [0.29, 0.717) is 19.0 Å². The Bertz CT molecular complexity index is 535. The molecule has 0 fully saturated rings. The van der Waals surface area contributed by atoms with Crippen molar-refractivity contribution in [3.63, 3.8) is 0 Å². The molecule has 0 aliphatic carbocycles. The van der Waals surface area contributed by atoms with Gasteiger partial charge >= 0.3 is 12.1 Å². The number of aromatic nitrogens is 1. The number of aromatic carboxylic acids is 1. The van der Waals surface area contributed by atoms with Crippen LogP contribution < -0.4 is 4.90 Å². The van der Waals surface area contributed by atoms with Crippen LogP contribution in [0.2, 0.25) is 0 Å². The van der Waals surface area contributed by atoms with Crippen LogP contribution in [-0.4, -0.2) is 29.1 Å². The molecule has 0 spiro atoms. The average molecular weight is 286 g/mol.